The lowest BCUT2D eigenvalue weighted by atomic mass is 10.0. The molecule has 90 valence electrons. The first-order chi connectivity index (χ1) is 7.72. The quantitative estimate of drug-likeness (QED) is 0.885. The molecule has 2 rings (SSSR count). The van der Waals surface area contributed by atoms with Crippen LogP contribution in [-0.4, -0.2) is 0 Å². The topological polar surface area (TPSA) is 26.0 Å². The summed E-state index contributed by atoms with van der Waals surface area (Å²) in [5, 5.41) is 0. The Morgan fingerprint density at radius 2 is 1.82 bits per heavy atom. The lowest BCUT2D eigenvalue weighted by molar-refractivity contribution is 0.624. The minimum absolute atomic E-state index is 0. The Labute approximate surface area is 114 Å². The van der Waals surface area contributed by atoms with E-state index < -0.39 is 0 Å². The summed E-state index contributed by atoms with van der Waals surface area (Å²) >= 11 is 3.18. The first kappa shape index (κ1) is 14.2. The molecule has 0 spiro atoms. The second kappa shape index (κ2) is 6.15. The van der Waals surface area contributed by atoms with Crippen LogP contribution in [0.1, 0.15) is 5.56 Å². The van der Waals surface area contributed by atoms with Crippen LogP contribution >= 0.6 is 28.3 Å². The van der Waals surface area contributed by atoms with E-state index in [4.69, 9.17) is 5.73 Å². The predicted octanol–water partition coefficient (Wildman–Crippen LogP) is 4.14. The fraction of sp³-hybridized carbons (Fsp3) is 0.0769. The Morgan fingerprint density at radius 1 is 1.12 bits per heavy atom. The fourth-order valence-electron chi connectivity index (χ4n) is 1.59. The molecule has 0 amide bonds. The van der Waals surface area contributed by atoms with Crippen LogP contribution in [0.3, 0.4) is 0 Å². The molecule has 0 bridgehead atoms. The molecule has 0 saturated heterocycles. The van der Waals surface area contributed by atoms with Crippen LogP contribution in [0.5, 0.6) is 0 Å². The Morgan fingerprint density at radius 3 is 2.53 bits per heavy atom. The fourth-order valence-corrected chi connectivity index (χ4v) is 1.96. The molecule has 17 heavy (non-hydrogen) atoms. The Bertz CT molecular complexity index is 517. The lowest BCUT2D eigenvalue weighted by Gasteiger charge is -2.06. The van der Waals surface area contributed by atoms with Gasteiger partial charge in [-0.2, -0.15) is 0 Å². The summed E-state index contributed by atoms with van der Waals surface area (Å²) in [4.78, 5) is 0. The van der Waals surface area contributed by atoms with Crippen molar-refractivity contribution >= 4 is 28.3 Å². The molecule has 0 heterocycles. The van der Waals surface area contributed by atoms with Crippen molar-refractivity contribution in [1.29, 1.82) is 0 Å². The highest BCUT2D eigenvalue weighted by molar-refractivity contribution is 9.10. The maximum absolute atomic E-state index is 13.8. The first-order valence-electron chi connectivity index (χ1n) is 4.96. The highest BCUT2D eigenvalue weighted by atomic mass is 79.9. The molecule has 0 aliphatic rings. The van der Waals surface area contributed by atoms with Gasteiger partial charge in [0.15, 0.2) is 0 Å². The standard InChI is InChI=1S/C13H11BrFN.ClH/c14-12-6-2-5-11(13(12)15)10-4-1-3-9(7-10)8-16;/h1-7H,8,16H2;1H. The summed E-state index contributed by atoms with van der Waals surface area (Å²) in [7, 11) is 0. The van der Waals surface area contributed by atoms with Crippen molar-refractivity contribution in [2.75, 3.05) is 0 Å². The zero-order chi connectivity index (χ0) is 11.5. The lowest BCUT2D eigenvalue weighted by Crippen LogP contribution is -1.96. The van der Waals surface area contributed by atoms with Crippen LogP contribution in [0.15, 0.2) is 46.9 Å². The van der Waals surface area contributed by atoms with Gasteiger partial charge in [0.2, 0.25) is 0 Å². The minimum atomic E-state index is -0.239. The van der Waals surface area contributed by atoms with Gasteiger partial charge in [-0.05, 0) is 39.2 Å². The average Bonchev–Trinajstić information content (AvgIpc) is 2.33. The van der Waals surface area contributed by atoms with Crippen molar-refractivity contribution in [3.05, 3.63) is 58.3 Å². The van der Waals surface area contributed by atoms with Gasteiger partial charge in [-0.15, -0.1) is 12.4 Å². The average molecular weight is 317 g/mol. The first-order valence-corrected chi connectivity index (χ1v) is 5.75. The third-order valence-corrected chi connectivity index (χ3v) is 3.04. The molecule has 0 atom stereocenters. The maximum atomic E-state index is 13.8. The van der Waals surface area contributed by atoms with Crippen molar-refractivity contribution in [3.8, 4) is 11.1 Å². The molecule has 2 aromatic carbocycles. The Kier molecular flexibility index (Phi) is 5.12. The Hall–Kier alpha value is -0.900. The second-order valence-electron chi connectivity index (χ2n) is 3.51. The summed E-state index contributed by atoms with van der Waals surface area (Å²) < 4.78 is 14.3. The zero-order valence-corrected chi connectivity index (χ0v) is 11.4. The number of halogens is 3. The van der Waals surface area contributed by atoms with E-state index in [0.29, 0.717) is 16.6 Å². The maximum Gasteiger partial charge on any atom is 0.145 e. The number of hydrogen-bond acceptors (Lipinski definition) is 1. The van der Waals surface area contributed by atoms with Crippen LogP contribution in [-0.2, 0) is 6.54 Å². The summed E-state index contributed by atoms with van der Waals surface area (Å²) in [6.07, 6.45) is 0. The van der Waals surface area contributed by atoms with Crippen molar-refractivity contribution in [3.63, 3.8) is 0 Å². The van der Waals surface area contributed by atoms with Crippen LogP contribution < -0.4 is 5.73 Å². The van der Waals surface area contributed by atoms with Gasteiger partial charge in [-0.3, -0.25) is 0 Å². The summed E-state index contributed by atoms with van der Waals surface area (Å²) in [6.45, 7) is 0.462. The minimum Gasteiger partial charge on any atom is -0.326 e. The van der Waals surface area contributed by atoms with Crippen molar-refractivity contribution < 1.29 is 4.39 Å². The third-order valence-electron chi connectivity index (χ3n) is 2.43. The molecule has 0 aromatic heterocycles. The van der Waals surface area contributed by atoms with Gasteiger partial charge in [0, 0.05) is 12.1 Å². The molecule has 0 fully saturated rings. The smallest absolute Gasteiger partial charge is 0.145 e. The monoisotopic (exact) mass is 315 g/mol. The summed E-state index contributed by atoms with van der Waals surface area (Å²) in [5.74, 6) is -0.239. The van der Waals surface area contributed by atoms with Gasteiger partial charge in [-0.25, -0.2) is 4.39 Å². The van der Waals surface area contributed by atoms with E-state index in [0.717, 1.165) is 11.1 Å². The van der Waals surface area contributed by atoms with E-state index in [-0.39, 0.29) is 18.2 Å². The molecular weight excluding hydrogens is 305 g/mol. The van der Waals surface area contributed by atoms with E-state index in [2.05, 4.69) is 15.9 Å². The molecule has 4 heteroatoms. The van der Waals surface area contributed by atoms with Gasteiger partial charge >= 0.3 is 0 Å². The molecule has 0 radical (unpaired) electrons. The predicted molar refractivity (Wildman–Crippen MR) is 74.7 cm³/mol. The van der Waals surface area contributed by atoms with Crippen LogP contribution in [0.25, 0.3) is 11.1 Å². The van der Waals surface area contributed by atoms with Gasteiger partial charge < -0.3 is 5.73 Å². The van der Waals surface area contributed by atoms with E-state index >= 15 is 0 Å². The summed E-state index contributed by atoms with van der Waals surface area (Å²) in [6, 6.07) is 12.9. The van der Waals surface area contributed by atoms with Gasteiger partial charge in [0.05, 0.1) is 4.47 Å². The second-order valence-corrected chi connectivity index (χ2v) is 4.36. The van der Waals surface area contributed by atoms with E-state index in [1.54, 1.807) is 12.1 Å². The van der Waals surface area contributed by atoms with E-state index in [1.807, 2.05) is 30.3 Å². The molecule has 0 aliphatic carbocycles. The molecule has 1 nitrogen and oxygen atoms in total. The molecule has 0 saturated carbocycles. The normalized spacial score (nSPS) is 9.82. The number of nitrogens with two attached hydrogens (primary N) is 1. The van der Waals surface area contributed by atoms with E-state index in [1.165, 1.54) is 0 Å². The largest absolute Gasteiger partial charge is 0.326 e. The van der Waals surface area contributed by atoms with Crippen molar-refractivity contribution in [2.45, 2.75) is 6.54 Å². The van der Waals surface area contributed by atoms with Gasteiger partial charge in [0.25, 0.3) is 0 Å². The van der Waals surface area contributed by atoms with Crippen molar-refractivity contribution in [1.82, 2.24) is 0 Å². The van der Waals surface area contributed by atoms with Gasteiger partial charge in [-0.1, -0.05) is 30.3 Å². The molecule has 0 aliphatic heterocycles. The molecule has 2 N–H and O–H groups in total. The van der Waals surface area contributed by atoms with Gasteiger partial charge in [0.1, 0.15) is 5.82 Å². The summed E-state index contributed by atoms with van der Waals surface area (Å²) in [5.41, 5.74) is 8.00. The molecular formula is C13H12BrClFN. The van der Waals surface area contributed by atoms with Crippen LogP contribution in [0.2, 0.25) is 0 Å². The number of benzene rings is 2. The van der Waals surface area contributed by atoms with E-state index in [9.17, 15) is 4.39 Å². The highest BCUT2D eigenvalue weighted by Crippen LogP contribution is 2.28. The zero-order valence-electron chi connectivity index (χ0n) is 8.99. The molecule has 2 aromatic rings. The van der Waals surface area contributed by atoms with Crippen molar-refractivity contribution in [2.24, 2.45) is 5.73 Å². The van der Waals surface area contributed by atoms with Crippen LogP contribution in [0, 0.1) is 5.82 Å². The van der Waals surface area contributed by atoms with Crippen LogP contribution in [0.4, 0.5) is 4.39 Å². The highest BCUT2D eigenvalue weighted by Gasteiger charge is 2.07. The Balaban J connectivity index is 0.00000144. The molecule has 0 unspecified atom stereocenters. The SMILES string of the molecule is Cl.NCc1cccc(-c2cccc(Br)c2F)c1. The third kappa shape index (κ3) is 3.06. The number of hydrogen-bond donors (Lipinski definition) is 1. The number of rotatable bonds is 2.